The molecule has 0 bridgehead atoms. The molecule has 1 aromatic carbocycles. The summed E-state index contributed by atoms with van der Waals surface area (Å²) in [4.78, 5) is 0. The topological polar surface area (TPSA) is 26.0 Å². The Morgan fingerprint density at radius 1 is 1.33 bits per heavy atom. The Morgan fingerprint density at radius 3 is 2.20 bits per heavy atom. The summed E-state index contributed by atoms with van der Waals surface area (Å²) in [6.07, 6.45) is 1.20. The van der Waals surface area contributed by atoms with Crippen LogP contribution in [0, 0.1) is 31.5 Å². The Hall–Kier alpha value is -0.890. The van der Waals surface area contributed by atoms with Crippen LogP contribution >= 0.6 is 0 Å². The van der Waals surface area contributed by atoms with E-state index in [4.69, 9.17) is 5.73 Å². The second kappa shape index (κ2) is 3.60. The van der Waals surface area contributed by atoms with Gasteiger partial charge in [0.1, 0.15) is 5.82 Å². The molecule has 1 saturated carbocycles. The molecule has 1 aromatic rings. The smallest absolute Gasteiger partial charge is 0.129 e. The van der Waals surface area contributed by atoms with Gasteiger partial charge in [0.25, 0.3) is 0 Å². The molecule has 0 heterocycles. The summed E-state index contributed by atoms with van der Waals surface area (Å²) in [7, 11) is 0. The SMILES string of the molecule is Cc1cc(C(N)C2CC2C)cc(C)c1F. The number of rotatable bonds is 2. The molecule has 1 aliphatic carbocycles. The lowest BCUT2D eigenvalue weighted by atomic mass is 9.97. The number of hydrogen-bond acceptors (Lipinski definition) is 1. The molecule has 3 unspecified atom stereocenters. The van der Waals surface area contributed by atoms with Crippen molar-refractivity contribution >= 4 is 0 Å². The molecule has 1 nitrogen and oxygen atoms in total. The van der Waals surface area contributed by atoms with Crippen molar-refractivity contribution in [2.75, 3.05) is 0 Å². The Balaban J connectivity index is 2.29. The third-order valence-electron chi connectivity index (χ3n) is 3.48. The molecule has 2 heteroatoms. The minimum absolute atomic E-state index is 0.0815. The molecular formula is C13H18FN. The highest BCUT2D eigenvalue weighted by molar-refractivity contribution is 5.33. The van der Waals surface area contributed by atoms with E-state index in [1.54, 1.807) is 13.8 Å². The number of benzene rings is 1. The van der Waals surface area contributed by atoms with Gasteiger partial charge in [0.05, 0.1) is 0 Å². The van der Waals surface area contributed by atoms with Crippen LogP contribution in [0.3, 0.4) is 0 Å². The van der Waals surface area contributed by atoms with Gasteiger partial charge in [-0.15, -0.1) is 0 Å². The lowest BCUT2D eigenvalue weighted by Crippen LogP contribution is -2.14. The molecule has 1 aliphatic rings. The van der Waals surface area contributed by atoms with Crippen LogP contribution < -0.4 is 5.73 Å². The highest BCUT2D eigenvalue weighted by Crippen LogP contribution is 2.45. The van der Waals surface area contributed by atoms with Crippen molar-refractivity contribution in [2.45, 2.75) is 33.2 Å². The first kappa shape index (κ1) is 10.6. The van der Waals surface area contributed by atoms with Crippen molar-refractivity contribution in [1.29, 1.82) is 0 Å². The Morgan fingerprint density at radius 2 is 1.80 bits per heavy atom. The Kier molecular flexibility index (Phi) is 2.55. The van der Waals surface area contributed by atoms with Gasteiger partial charge in [0.15, 0.2) is 0 Å². The zero-order chi connectivity index (χ0) is 11.2. The van der Waals surface area contributed by atoms with Crippen LogP contribution in [0.25, 0.3) is 0 Å². The summed E-state index contributed by atoms with van der Waals surface area (Å²) in [5.41, 5.74) is 8.65. The van der Waals surface area contributed by atoms with Gasteiger partial charge >= 0.3 is 0 Å². The fraction of sp³-hybridized carbons (Fsp3) is 0.538. The number of hydrogen-bond donors (Lipinski definition) is 1. The molecule has 0 spiro atoms. The maximum atomic E-state index is 13.4. The van der Waals surface area contributed by atoms with E-state index in [0.717, 1.165) is 11.5 Å². The van der Waals surface area contributed by atoms with Gasteiger partial charge < -0.3 is 5.73 Å². The first-order valence-electron chi connectivity index (χ1n) is 5.53. The molecule has 2 rings (SSSR count). The minimum atomic E-state index is -0.102. The van der Waals surface area contributed by atoms with E-state index >= 15 is 0 Å². The summed E-state index contributed by atoms with van der Waals surface area (Å²) in [6, 6.07) is 3.86. The van der Waals surface area contributed by atoms with E-state index in [9.17, 15) is 4.39 Å². The van der Waals surface area contributed by atoms with E-state index in [2.05, 4.69) is 6.92 Å². The standard InChI is InChI=1S/C13H18FN/c1-7-6-11(7)13(15)10-4-8(2)12(14)9(3)5-10/h4-5,7,11,13H,6,15H2,1-3H3. The molecule has 82 valence electrons. The molecule has 0 aromatic heterocycles. The van der Waals surface area contributed by atoms with Crippen LogP contribution in [-0.4, -0.2) is 0 Å². The van der Waals surface area contributed by atoms with Gasteiger partial charge in [-0.25, -0.2) is 4.39 Å². The summed E-state index contributed by atoms with van der Waals surface area (Å²) in [5.74, 6) is 1.22. The molecular weight excluding hydrogens is 189 g/mol. The summed E-state index contributed by atoms with van der Waals surface area (Å²) in [5, 5.41) is 0. The predicted molar refractivity (Wildman–Crippen MR) is 60.1 cm³/mol. The Bertz CT molecular complexity index is 363. The van der Waals surface area contributed by atoms with E-state index in [1.165, 1.54) is 6.42 Å². The molecule has 0 aliphatic heterocycles. The second-order valence-corrected chi connectivity index (χ2v) is 4.87. The summed E-state index contributed by atoms with van der Waals surface area (Å²) >= 11 is 0. The maximum Gasteiger partial charge on any atom is 0.129 e. The molecule has 1 fully saturated rings. The average molecular weight is 207 g/mol. The van der Waals surface area contributed by atoms with Gasteiger partial charge in [-0.05, 0) is 48.8 Å². The zero-order valence-corrected chi connectivity index (χ0v) is 9.55. The monoisotopic (exact) mass is 207 g/mol. The van der Waals surface area contributed by atoms with Crippen LogP contribution in [0.2, 0.25) is 0 Å². The highest BCUT2D eigenvalue weighted by atomic mass is 19.1. The van der Waals surface area contributed by atoms with Crippen molar-refractivity contribution < 1.29 is 4.39 Å². The van der Waals surface area contributed by atoms with Crippen LogP contribution in [0.5, 0.6) is 0 Å². The van der Waals surface area contributed by atoms with Crippen molar-refractivity contribution in [3.63, 3.8) is 0 Å². The predicted octanol–water partition coefficient (Wildman–Crippen LogP) is 3.10. The highest BCUT2D eigenvalue weighted by Gasteiger charge is 2.38. The number of aryl methyl sites for hydroxylation is 2. The van der Waals surface area contributed by atoms with Crippen LogP contribution in [0.15, 0.2) is 12.1 Å². The molecule has 2 N–H and O–H groups in total. The average Bonchev–Trinajstić information content (AvgIpc) is 2.90. The van der Waals surface area contributed by atoms with Gasteiger partial charge in [-0.1, -0.05) is 19.1 Å². The van der Waals surface area contributed by atoms with E-state index in [1.807, 2.05) is 12.1 Å². The molecule has 15 heavy (non-hydrogen) atoms. The molecule has 0 saturated heterocycles. The minimum Gasteiger partial charge on any atom is -0.324 e. The van der Waals surface area contributed by atoms with Crippen molar-refractivity contribution in [3.8, 4) is 0 Å². The summed E-state index contributed by atoms with van der Waals surface area (Å²) < 4.78 is 13.4. The fourth-order valence-corrected chi connectivity index (χ4v) is 2.27. The lowest BCUT2D eigenvalue weighted by molar-refractivity contribution is 0.581. The van der Waals surface area contributed by atoms with Crippen LogP contribution in [0.4, 0.5) is 4.39 Å². The van der Waals surface area contributed by atoms with Crippen molar-refractivity contribution in [1.82, 2.24) is 0 Å². The third-order valence-corrected chi connectivity index (χ3v) is 3.48. The van der Waals surface area contributed by atoms with Crippen molar-refractivity contribution in [2.24, 2.45) is 17.6 Å². The van der Waals surface area contributed by atoms with Crippen LogP contribution in [0.1, 0.15) is 36.1 Å². The first-order valence-corrected chi connectivity index (χ1v) is 5.53. The third kappa shape index (κ3) is 1.91. The van der Waals surface area contributed by atoms with Gasteiger partial charge in [0, 0.05) is 6.04 Å². The lowest BCUT2D eigenvalue weighted by Gasteiger charge is -2.14. The second-order valence-electron chi connectivity index (χ2n) is 4.87. The fourth-order valence-electron chi connectivity index (χ4n) is 2.27. The zero-order valence-electron chi connectivity index (χ0n) is 9.55. The summed E-state index contributed by atoms with van der Waals surface area (Å²) in [6.45, 7) is 5.82. The van der Waals surface area contributed by atoms with Gasteiger partial charge in [-0.3, -0.25) is 0 Å². The van der Waals surface area contributed by atoms with E-state index in [0.29, 0.717) is 17.0 Å². The first-order chi connectivity index (χ1) is 7.00. The van der Waals surface area contributed by atoms with Gasteiger partial charge in [-0.2, -0.15) is 0 Å². The number of halogens is 1. The molecule has 3 atom stereocenters. The van der Waals surface area contributed by atoms with Crippen LogP contribution in [-0.2, 0) is 0 Å². The largest absolute Gasteiger partial charge is 0.324 e. The van der Waals surface area contributed by atoms with Gasteiger partial charge in [0.2, 0.25) is 0 Å². The number of nitrogens with two attached hydrogens (primary N) is 1. The Labute approximate surface area is 90.5 Å². The normalized spacial score (nSPS) is 26.5. The quantitative estimate of drug-likeness (QED) is 0.792. The molecule has 0 radical (unpaired) electrons. The molecule has 0 amide bonds. The van der Waals surface area contributed by atoms with Crippen molar-refractivity contribution in [3.05, 3.63) is 34.6 Å². The van der Waals surface area contributed by atoms with E-state index < -0.39 is 0 Å². The van der Waals surface area contributed by atoms with E-state index in [-0.39, 0.29) is 11.9 Å². The maximum absolute atomic E-state index is 13.4.